The van der Waals surface area contributed by atoms with Crippen molar-refractivity contribution in [3.63, 3.8) is 0 Å². The summed E-state index contributed by atoms with van der Waals surface area (Å²) in [6.45, 7) is 7.32. The van der Waals surface area contributed by atoms with Crippen LogP contribution < -0.4 is 0 Å². The lowest BCUT2D eigenvalue weighted by atomic mass is 9.81. The topological polar surface area (TPSA) is 3.24 Å². The van der Waals surface area contributed by atoms with Gasteiger partial charge in [0, 0.05) is 6.04 Å². The van der Waals surface area contributed by atoms with Crippen LogP contribution in [-0.4, -0.2) is 35.5 Å². The van der Waals surface area contributed by atoms with Crippen LogP contribution in [0.15, 0.2) is 0 Å². The molecule has 2 heteroatoms. The molecule has 0 atom stereocenters. The Bertz CT molecular complexity index is 153. The molecule has 70 valence electrons. The zero-order valence-electron chi connectivity index (χ0n) is 8.18. The van der Waals surface area contributed by atoms with Crippen molar-refractivity contribution in [2.45, 2.75) is 32.7 Å². The molecule has 1 nitrogen and oxygen atoms in total. The summed E-state index contributed by atoms with van der Waals surface area (Å²) in [5, 5.41) is 0. The summed E-state index contributed by atoms with van der Waals surface area (Å²) in [6, 6.07) is 0.759. The third-order valence-corrected chi connectivity index (χ3v) is 5.04. The largest absolute Gasteiger partial charge is 0.301 e. The fourth-order valence-electron chi connectivity index (χ4n) is 2.19. The number of thioether (sulfide) groups is 1. The van der Waals surface area contributed by atoms with Gasteiger partial charge in [-0.25, -0.2) is 0 Å². The fourth-order valence-corrected chi connectivity index (χ4v) is 3.55. The molecular weight excluding hydrogens is 166 g/mol. The SMILES string of the molecule is CC(C)N1CCC2(CC1)CSC2. The van der Waals surface area contributed by atoms with Crippen LogP contribution in [0, 0.1) is 5.41 Å². The number of hydrogen-bond donors (Lipinski definition) is 0. The van der Waals surface area contributed by atoms with E-state index in [1.54, 1.807) is 0 Å². The molecule has 2 aliphatic heterocycles. The molecule has 2 aliphatic rings. The summed E-state index contributed by atoms with van der Waals surface area (Å²) in [5.41, 5.74) is 0.788. The van der Waals surface area contributed by atoms with Gasteiger partial charge >= 0.3 is 0 Å². The first-order valence-electron chi connectivity index (χ1n) is 5.04. The maximum Gasteiger partial charge on any atom is 0.00385 e. The van der Waals surface area contributed by atoms with Crippen molar-refractivity contribution >= 4 is 11.8 Å². The summed E-state index contributed by atoms with van der Waals surface area (Å²) >= 11 is 2.13. The molecule has 0 bridgehead atoms. The highest BCUT2D eigenvalue weighted by molar-refractivity contribution is 8.00. The second kappa shape index (κ2) is 3.22. The van der Waals surface area contributed by atoms with Gasteiger partial charge in [0.2, 0.25) is 0 Å². The molecule has 0 N–H and O–H groups in total. The van der Waals surface area contributed by atoms with E-state index in [1.165, 1.54) is 37.4 Å². The summed E-state index contributed by atoms with van der Waals surface area (Å²) in [6.07, 6.45) is 2.91. The van der Waals surface area contributed by atoms with Crippen LogP contribution in [0.5, 0.6) is 0 Å². The average Bonchev–Trinajstić information content (AvgIpc) is 2.02. The lowest BCUT2D eigenvalue weighted by Gasteiger charge is -2.48. The third kappa shape index (κ3) is 1.51. The van der Waals surface area contributed by atoms with Crippen molar-refractivity contribution in [1.29, 1.82) is 0 Å². The van der Waals surface area contributed by atoms with Gasteiger partial charge in [-0.1, -0.05) is 0 Å². The minimum Gasteiger partial charge on any atom is -0.301 e. The minimum atomic E-state index is 0.759. The van der Waals surface area contributed by atoms with Gasteiger partial charge in [0.05, 0.1) is 0 Å². The summed E-state index contributed by atoms with van der Waals surface area (Å²) in [4.78, 5) is 2.62. The highest BCUT2D eigenvalue weighted by atomic mass is 32.2. The molecular formula is C10H19NS. The second-order valence-electron chi connectivity index (χ2n) is 4.62. The Morgan fingerprint density at radius 1 is 1.17 bits per heavy atom. The van der Waals surface area contributed by atoms with E-state index in [0.29, 0.717) is 0 Å². The molecule has 2 rings (SSSR count). The van der Waals surface area contributed by atoms with Gasteiger partial charge in [0.15, 0.2) is 0 Å². The zero-order valence-corrected chi connectivity index (χ0v) is 8.99. The Balaban J connectivity index is 1.84. The van der Waals surface area contributed by atoms with Crippen molar-refractivity contribution in [2.24, 2.45) is 5.41 Å². The molecule has 0 radical (unpaired) electrons. The summed E-state index contributed by atoms with van der Waals surface area (Å²) in [5.74, 6) is 2.89. The Kier molecular flexibility index (Phi) is 2.39. The highest BCUT2D eigenvalue weighted by Gasteiger charge is 2.40. The standard InChI is InChI=1S/C10H19NS/c1-9(2)11-5-3-10(4-6-11)7-12-8-10/h9H,3-8H2,1-2H3. The third-order valence-electron chi connectivity index (χ3n) is 3.41. The Morgan fingerprint density at radius 2 is 1.75 bits per heavy atom. The van der Waals surface area contributed by atoms with Crippen molar-refractivity contribution in [1.82, 2.24) is 4.90 Å². The first-order chi connectivity index (χ1) is 5.72. The fraction of sp³-hybridized carbons (Fsp3) is 1.00. The summed E-state index contributed by atoms with van der Waals surface area (Å²) < 4.78 is 0. The van der Waals surface area contributed by atoms with Crippen LogP contribution in [-0.2, 0) is 0 Å². The lowest BCUT2D eigenvalue weighted by molar-refractivity contribution is 0.106. The minimum absolute atomic E-state index is 0.759. The number of nitrogens with zero attached hydrogens (tertiary/aromatic N) is 1. The van der Waals surface area contributed by atoms with Gasteiger partial charge in [-0.05, 0) is 56.7 Å². The van der Waals surface area contributed by atoms with E-state index in [1.807, 2.05) is 0 Å². The Labute approximate surface area is 79.9 Å². The molecule has 12 heavy (non-hydrogen) atoms. The molecule has 2 saturated heterocycles. The maximum absolute atomic E-state index is 2.62. The molecule has 0 aromatic heterocycles. The second-order valence-corrected chi connectivity index (χ2v) is 5.61. The van der Waals surface area contributed by atoms with Crippen LogP contribution in [0.2, 0.25) is 0 Å². The van der Waals surface area contributed by atoms with Gasteiger partial charge < -0.3 is 4.90 Å². The molecule has 1 spiro atoms. The predicted octanol–water partition coefficient (Wildman–Crippen LogP) is 2.22. The van der Waals surface area contributed by atoms with E-state index in [-0.39, 0.29) is 0 Å². The normalized spacial score (nSPS) is 29.2. The maximum atomic E-state index is 2.62. The van der Waals surface area contributed by atoms with Crippen molar-refractivity contribution in [3.05, 3.63) is 0 Å². The Hall–Kier alpha value is 0.310. The first kappa shape index (κ1) is 8.89. The van der Waals surface area contributed by atoms with Crippen LogP contribution in [0.3, 0.4) is 0 Å². The van der Waals surface area contributed by atoms with Crippen LogP contribution in [0.25, 0.3) is 0 Å². The van der Waals surface area contributed by atoms with Gasteiger partial charge in [-0.15, -0.1) is 0 Å². The molecule has 0 aliphatic carbocycles. The van der Waals surface area contributed by atoms with Crippen LogP contribution in [0.4, 0.5) is 0 Å². The molecule has 0 aromatic carbocycles. The van der Waals surface area contributed by atoms with Gasteiger partial charge in [0.1, 0.15) is 0 Å². The summed E-state index contributed by atoms with van der Waals surface area (Å²) in [7, 11) is 0. The van der Waals surface area contributed by atoms with E-state index in [0.717, 1.165) is 11.5 Å². The molecule has 0 aromatic rings. The highest BCUT2D eigenvalue weighted by Crippen LogP contribution is 2.46. The zero-order chi connectivity index (χ0) is 8.60. The van der Waals surface area contributed by atoms with Crippen molar-refractivity contribution < 1.29 is 0 Å². The number of piperidine rings is 1. The van der Waals surface area contributed by atoms with E-state index in [2.05, 4.69) is 30.5 Å². The van der Waals surface area contributed by atoms with E-state index in [9.17, 15) is 0 Å². The molecule has 2 heterocycles. The quantitative estimate of drug-likeness (QED) is 0.616. The first-order valence-corrected chi connectivity index (χ1v) is 6.19. The molecule has 0 unspecified atom stereocenters. The van der Waals surface area contributed by atoms with E-state index < -0.39 is 0 Å². The smallest absolute Gasteiger partial charge is 0.00385 e. The molecule has 0 amide bonds. The van der Waals surface area contributed by atoms with Crippen LogP contribution in [0.1, 0.15) is 26.7 Å². The predicted molar refractivity (Wildman–Crippen MR) is 55.7 cm³/mol. The Morgan fingerprint density at radius 3 is 2.08 bits per heavy atom. The van der Waals surface area contributed by atoms with Crippen molar-refractivity contribution in [3.8, 4) is 0 Å². The number of likely N-dealkylation sites (tertiary alicyclic amines) is 1. The van der Waals surface area contributed by atoms with Gasteiger partial charge in [-0.3, -0.25) is 0 Å². The monoisotopic (exact) mass is 185 g/mol. The average molecular weight is 185 g/mol. The lowest BCUT2D eigenvalue weighted by Crippen LogP contribution is -2.48. The number of hydrogen-bond acceptors (Lipinski definition) is 2. The molecule has 0 saturated carbocycles. The van der Waals surface area contributed by atoms with E-state index in [4.69, 9.17) is 0 Å². The van der Waals surface area contributed by atoms with Gasteiger partial charge in [-0.2, -0.15) is 11.8 Å². The van der Waals surface area contributed by atoms with Crippen LogP contribution >= 0.6 is 11.8 Å². The van der Waals surface area contributed by atoms with Crippen molar-refractivity contribution in [2.75, 3.05) is 24.6 Å². The molecule has 2 fully saturated rings. The van der Waals surface area contributed by atoms with Gasteiger partial charge in [0.25, 0.3) is 0 Å². The number of rotatable bonds is 1. The van der Waals surface area contributed by atoms with E-state index >= 15 is 0 Å².